The summed E-state index contributed by atoms with van der Waals surface area (Å²) in [6, 6.07) is 0. The topological polar surface area (TPSA) is 0 Å². The summed E-state index contributed by atoms with van der Waals surface area (Å²) in [6.07, 6.45) is 4.16. The molecule has 0 saturated heterocycles. The van der Waals surface area contributed by atoms with Gasteiger partial charge in [-0.1, -0.05) is 6.92 Å². The Kier molecular flexibility index (Phi) is 1.03. The van der Waals surface area contributed by atoms with E-state index in [1.165, 1.54) is 19.3 Å². The van der Waals surface area contributed by atoms with Gasteiger partial charge in [0.2, 0.25) is 0 Å². The van der Waals surface area contributed by atoms with E-state index in [2.05, 4.69) is 6.92 Å². The molecule has 0 nitrogen and oxygen atoms in total. The van der Waals surface area contributed by atoms with Gasteiger partial charge in [-0.15, -0.1) is 23.2 Å². The molecule has 3 aliphatic carbocycles. The Balaban J connectivity index is 2.05. The first kappa shape index (κ1) is 7.03. The number of fused-ring (bicyclic) bond motifs is 5. The molecule has 2 bridgehead atoms. The molecule has 0 spiro atoms. The Morgan fingerprint density at radius 3 is 2.45 bits per heavy atom. The second-order valence-electron chi connectivity index (χ2n) is 4.65. The van der Waals surface area contributed by atoms with Crippen LogP contribution in [0.5, 0.6) is 0 Å². The van der Waals surface area contributed by atoms with Crippen LogP contribution in [0.1, 0.15) is 26.2 Å². The lowest BCUT2D eigenvalue weighted by atomic mass is 9.89. The monoisotopic (exact) mass is 190 g/mol. The van der Waals surface area contributed by atoms with Gasteiger partial charge in [0.1, 0.15) is 4.33 Å². The molecule has 0 heterocycles. The third-order valence-corrected chi connectivity index (χ3v) is 5.75. The highest BCUT2D eigenvalue weighted by Crippen LogP contribution is 2.83. The van der Waals surface area contributed by atoms with E-state index in [0.717, 1.165) is 11.8 Å². The molecule has 0 radical (unpaired) electrons. The van der Waals surface area contributed by atoms with Crippen LogP contribution >= 0.6 is 23.2 Å². The van der Waals surface area contributed by atoms with Gasteiger partial charge >= 0.3 is 0 Å². The van der Waals surface area contributed by atoms with Crippen molar-refractivity contribution in [3.63, 3.8) is 0 Å². The fourth-order valence-electron chi connectivity index (χ4n) is 3.76. The fraction of sp³-hybridized carbons (Fsp3) is 1.00. The minimum atomic E-state index is -0.350. The molecule has 2 heteroatoms. The largest absolute Gasteiger partial charge is 0.128 e. The van der Waals surface area contributed by atoms with Crippen molar-refractivity contribution >= 4 is 23.2 Å². The van der Waals surface area contributed by atoms with Gasteiger partial charge in [-0.05, 0) is 31.1 Å². The van der Waals surface area contributed by atoms with Gasteiger partial charge in [0.05, 0.1) is 0 Å². The second-order valence-corrected chi connectivity index (χ2v) is 6.04. The third kappa shape index (κ3) is 0.523. The van der Waals surface area contributed by atoms with Gasteiger partial charge < -0.3 is 0 Å². The van der Waals surface area contributed by atoms with Crippen LogP contribution < -0.4 is 0 Å². The molecule has 0 amide bonds. The summed E-state index contributed by atoms with van der Waals surface area (Å²) in [5.41, 5.74) is 0.305. The highest BCUT2D eigenvalue weighted by atomic mass is 35.5. The van der Waals surface area contributed by atoms with Crippen LogP contribution in [-0.4, -0.2) is 4.33 Å². The molecular weight excluding hydrogens is 179 g/mol. The van der Waals surface area contributed by atoms with Crippen LogP contribution in [0.25, 0.3) is 0 Å². The Morgan fingerprint density at radius 2 is 2.00 bits per heavy atom. The average Bonchev–Trinajstić information content (AvgIpc) is 2.39. The Morgan fingerprint density at radius 1 is 1.27 bits per heavy atom. The first-order chi connectivity index (χ1) is 5.08. The maximum absolute atomic E-state index is 6.25. The van der Waals surface area contributed by atoms with E-state index >= 15 is 0 Å². The molecule has 3 rings (SSSR count). The molecule has 0 aromatic rings. The quantitative estimate of drug-likeness (QED) is 0.515. The van der Waals surface area contributed by atoms with Gasteiger partial charge in [0, 0.05) is 11.3 Å². The lowest BCUT2D eigenvalue weighted by molar-refractivity contribution is 0.332. The van der Waals surface area contributed by atoms with Crippen LogP contribution in [0.3, 0.4) is 0 Å². The van der Waals surface area contributed by atoms with E-state index in [1.807, 2.05) is 0 Å². The SMILES string of the molecule is CC12C3CCC(C3)C1C2(Cl)Cl. The molecule has 3 fully saturated rings. The predicted octanol–water partition coefficient (Wildman–Crippen LogP) is 3.23. The van der Waals surface area contributed by atoms with Crippen LogP contribution in [0, 0.1) is 23.2 Å². The van der Waals surface area contributed by atoms with Crippen molar-refractivity contribution in [2.45, 2.75) is 30.5 Å². The molecule has 11 heavy (non-hydrogen) atoms. The van der Waals surface area contributed by atoms with Gasteiger partial charge in [-0.3, -0.25) is 0 Å². The molecular formula is C9H12Cl2. The lowest BCUT2D eigenvalue weighted by Crippen LogP contribution is -2.14. The smallest absolute Gasteiger partial charge is 0.101 e. The zero-order valence-electron chi connectivity index (χ0n) is 6.61. The Bertz CT molecular complexity index is 224. The zero-order chi connectivity index (χ0) is 7.85. The highest BCUT2D eigenvalue weighted by molar-refractivity contribution is 6.52. The van der Waals surface area contributed by atoms with Crippen molar-refractivity contribution in [2.75, 3.05) is 0 Å². The number of rotatable bonds is 0. The van der Waals surface area contributed by atoms with Gasteiger partial charge in [0.15, 0.2) is 0 Å². The third-order valence-electron chi connectivity index (χ3n) is 4.46. The summed E-state index contributed by atoms with van der Waals surface area (Å²) in [4.78, 5) is 0. The van der Waals surface area contributed by atoms with Crippen LogP contribution in [0.2, 0.25) is 0 Å². The van der Waals surface area contributed by atoms with Crippen molar-refractivity contribution in [3.8, 4) is 0 Å². The van der Waals surface area contributed by atoms with Gasteiger partial charge in [-0.2, -0.15) is 0 Å². The Labute approximate surface area is 77.2 Å². The average molecular weight is 191 g/mol. The molecule has 0 aromatic heterocycles. The number of hydrogen-bond acceptors (Lipinski definition) is 0. The maximum Gasteiger partial charge on any atom is 0.128 e. The van der Waals surface area contributed by atoms with Crippen molar-refractivity contribution in [3.05, 3.63) is 0 Å². The molecule has 3 saturated carbocycles. The first-order valence-electron chi connectivity index (χ1n) is 4.46. The molecule has 4 unspecified atom stereocenters. The first-order valence-corrected chi connectivity index (χ1v) is 5.22. The summed E-state index contributed by atoms with van der Waals surface area (Å²) in [5.74, 6) is 2.34. The second kappa shape index (κ2) is 1.61. The minimum absolute atomic E-state index is 0.305. The van der Waals surface area contributed by atoms with Gasteiger partial charge in [0.25, 0.3) is 0 Å². The van der Waals surface area contributed by atoms with Crippen LogP contribution in [0.4, 0.5) is 0 Å². The minimum Gasteiger partial charge on any atom is -0.101 e. The summed E-state index contributed by atoms with van der Waals surface area (Å²) in [7, 11) is 0. The van der Waals surface area contributed by atoms with E-state index in [1.54, 1.807) is 0 Å². The van der Waals surface area contributed by atoms with Crippen LogP contribution in [0.15, 0.2) is 0 Å². The molecule has 62 valence electrons. The standard InChI is InChI=1S/C9H12Cl2/c1-8-6-3-2-5(4-6)7(8)9(8,10)11/h5-7H,2-4H2,1H3. The van der Waals surface area contributed by atoms with E-state index in [-0.39, 0.29) is 4.33 Å². The number of halogens is 2. The van der Waals surface area contributed by atoms with Crippen molar-refractivity contribution < 1.29 is 0 Å². The number of alkyl halides is 2. The predicted molar refractivity (Wildman–Crippen MR) is 46.9 cm³/mol. The molecule has 0 aliphatic heterocycles. The highest BCUT2D eigenvalue weighted by Gasteiger charge is 2.82. The fourth-order valence-corrected chi connectivity index (χ4v) is 5.00. The van der Waals surface area contributed by atoms with Crippen molar-refractivity contribution in [1.82, 2.24) is 0 Å². The van der Waals surface area contributed by atoms with E-state index in [4.69, 9.17) is 23.2 Å². The molecule has 0 aromatic carbocycles. The number of hydrogen-bond donors (Lipinski definition) is 0. The van der Waals surface area contributed by atoms with Crippen LogP contribution in [-0.2, 0) is 0 Å². The summed E-state index contributed by atoms with van der Waals surface area (Å²) >= 11 is 12.5. The van der Waals surface area contributed by atoms with E-state index < -0.39 is 0 Å². The maximum atomic E-state index is 6.25. The Hall–Kier alpha value is 0.580. The summed E-state index contributed by atoms with van der Waals surface area (Å²) in [6.45, 7) is 2.28. The lowest BCUT2D eigenvalue weighted by Gasteiger charge is -2.18. The molecule has 4 atom stereocenters. The zero-order valence-corrected chi connectivity index (χ0v) is 8.12. The normalized spacial score (nSPS) is 63.0. The molecule has 3 aliphatic rings. The summed E-state index contributed by atoms with van der Waals surface area (Å²) in [5, 5.41) is 0. The van der Waals surface area contributed by atoms with Crippen molar-refractivity contribution in [2.24, 2.45) is 23.2 Å². The van der Waals surface area contributed by atoms with E-state index in [9.17, 15) is 0 Å². The van der Waals surface area contributed by atoms with Crippen molar-refractivity contribution in [1.29, 1.82) is 0 Å². The molecule has 0 N–H and O–H groups in total. The van der Waals surface area contributed by atoms with E-state index in [0.29, 0.717) is 11.3 Å². The summed E-state index contributed by atoms with van der Waals surface area (Å²) < 4.78 is -0.350. The van der Waals surface area contributed by atoms with Gasteiger partial charge in [-0.25, -0.2) is 0 Å².